The molecule has 0 spiro atoms. The van der Waals surface area contributed by atoms with Gasteiger partial charge in [-0.15, -0.1) is 0 Å². The van der Waals surface area contributed by atoms with Crippen molar-refractivity contribution in [2.45, 2.75) is 37.6 Å². The summed E-state index contributed by atoms with van der Waals surface area (Å²) in [5.41, 5.74) is -0.786. The summed E-state index contributed by atoms with van der Waals surface area (Å²) in [4.78, 5) is 23.5. The van der Waals surface area contributed by atoms with Crippen molar-refractivity contribution in [3.8, 4) is 5.75 Å². The Morgan fingerprint density at radius 3 is 2.62 bits per heavy atom. The summed E-state index contributed by atoms with van der Waals surface area (Å²) >= 11 is 0. The Hall–Kier alpha value is -2.11. The van der Waals surface area contributed by atoms with Gasteiger partial charge in [0.15, 0.2) is 0 Å². The Kier molecular flexibility index (Phi) is 4.45. The summed E-state index contributed by atoms with van der Waals surface area (Å²) in [7, 11) is 1.43. The second-order valence-corrected chi connectivity index (χ2v) is 5.28. The zero-order valence-corrected chi connectivity index (χ0v) is 11.8. The highest BCUT2D eigenvalue weighted by Crippen LogP contribution is 2.30. The molecular formula is C15H18FNO4. The summed E-state index contributed by atoms with van der Waals surface area (Å²) in [6, 6.07) is 3.91. The maximum Gasteiger partial charge on any atom is 0.329 e. The highest BCUT2D eigenvalue weighted by Gasteiger charge is 2.42. The van der Waals surface area contributed by atoms with Gasteiger partial charge in [-0.2, -0.15) is 0 Å². The highest BCUT2D eigenvalue weighted by molar-refractivity contribution is 5.88. The number of amides is 1. The fraction of sp³-hybridized carbons (Fsp3) is 0.467. The van der Waals surface area contributed by atoms with Gasteiger partial charge in [-0.05, 0) is 31.0 Å². The monoisotopic (exact) mass is 295 g/mol. The third-order valence-electron chi connectivity index (χ3n) is 3.84. The van der Waals surface area contributed by atoms with E-state index in [1.165, 1.54) is 25.3 Å². The summed E-state index contributed by atoms with van der Waals surface area (Å²) in [5.74, 6) is -1.52. The van der Waals surface area contributed by atoms with E-state index in [4.69, 9.17) is 4.74 Å². The van der Waals surface area contributed by atoms with Crippen LogP contribution in [0.3, 0.4) is 0 Å². The summed E-state index contributed by atoms with van der Waals surface area (Å²) in [6.07, 6.45) is 2.28. The standard InChI is InChI=1S/C15H18FNO4/c1-21-12-5-4-11(16)8-10(12)9-13(18)17-15(14(19)20)6-2-3-7-15/h4-5,8H,2-3,6-7,9H2,1H3,(H,17,18)(H,19,20). The predicted molar refractivity (Wildman–Crippen MR) is 73.6 cm³/mol. The second kappa shape index (κ2) is 6.11. The lowest BCUT2D eigenvalue weighted by Gasteiger charge is -2.25. The molecule has 0 aliphatic heterocycles. The largest absolute Gasteiger partial charge is 0.496 e. The number of methoxy groups -OCH3 is 1. The SMILES string of the molecule is COc1ccc(F)cc1CC(=O)NC1(C(=O)O)CCCC1. The Morgan fingerprint density at radius 2 is 2.05 bits per heavy atom. The lowest BCUT2D eigenvalue weighted by molar-refractivity contribution is -0.147. The number of nitrogens with one attached hydrogen (secondary N) is 1. The highest BCUT2D eigenvalue weighted by atomic mass is 19.1. The summed E-state index contributed by atoms with van der Waals surface area (Å²) < 4.78 is 18.3. The molecule has 21 heavy (non-hydrogen) atoms. The van der Waals surface area contributed by atoms with Crippen LogP contribution in [0.15, 0.2) is 18.2 Å². The van der Waals surface area contributed by atoms with Gasteiger partial charge in [-0.1, -0.05) is 12.8 Å². The molecule has 114 valence electrons. The maximum atomic E-state index is 13.3. The lowest BCUT2D eigenvalue weighted by atomic mass is 9.97. The van der Waals surface area contributed by atoms with E-state index >= 15 is 0 Å². The first kappa shape index (κ1) is 15.3. The van der Waals surface area contributed by atoms with Crippen molar-refractivity contribution in [2.75, 3.05) is 7.11 Å². The third-order valence-corrected chi connectivity index (χ3v) is 3.84. The number of carbonyl (C=O) groups is 2. The molecule has 1 aromatic rings. The van der Waals surface area contributed by atoms with E-state index in [0.717, 1.165) is 12.8 Å². The van der Waals surface area contributed by atoms with Crippen molar-refractivity contribution < 1.29 is 23.8 Å². The number of ether oxygens (including phenoxy) is 1. The smallest absolute Gasteiger partial charge is 0.329 e. The first-order valence-electron chi connectivity index (χ1n) is 6.84. The average molecular weight is 295 g/mol. The molecule has 1 fully saturated rings. The van der Waals surface area contributed by atoms with E-state index < -0.39 is 23.2 Å². The van der Waals surface area contributed by atoms with Crippen LogP contribution >= 0.6 is 0 Å². The van der Waals surface area contributed by atoms with Crippen molar-refractivity contribution in [3.05, 3.63) is 29.6 Å². The third kappa shape index (κ3) is 3.32. The normalized spacial score (nSPS) is 16.5. The first-order valence-corrected chi connectivity index (χ1v) is 6.84. The van der Waals surface area contributed by atoms with E-state index in [1.807, 2.05) is 0 Å². The fourth-order valence-corrected chi connectivity index (χ4v) is 2.74. The number of carboxylic acids is 1. The molecule has 1 aromatic carbocycles. The van der Waals surface area contributed by atoms with Crippen LogP contribution in [0.4, 0.5) is 4.39 Å². The summed E-state index contributed by atoms with van der Waals surface area (Å²) in [6.45, 7) is 0. The Labute approximate surface area is 122 Å². The number of rotatable bonds is 5. The molecule has 0 aromatic heterocycles. The van der Waals surface area contributed by atoms with Gasteiger partial charge < -0.3 is 15.2 Å². The van der Waals surface area contributed by atoms with E-state index in [9.17, 15) is 19.1 Å². The van der Waals surface area contributed by atoms with Crippen LogP contribution in [-0.2, 0) is 16.0 Å². The zero-order valence-electron chi connectivity index (χ0n) is 11.8. The molecule has 0 heterocycles. The molecule has 1 aliphatic carbocycles. The van der Waals surface area contributed by atoms with Crippen LogP contribution < -0.4 is 10.1 Å². The molecule has 0 unspecified atom stereocenters. The molecule has 6 heteroatoms. The molecule has 1 amide bonds. The minimum atomic E-state index is -1.18. The Morgan fingerprint density at radius 1 is 1.38 bits per heavy atom. The number of hydrogen-bond acceptors (Lipinski definition) is 3. The lowest BCUT2D eigenvalue weighted by Crippen LogP contribution is -2.52. The van der Waals surface area contributed by atoms with Gasteiger partial charge in [0.2, 0.25) is 5.91 Å². The molecule has 5 nitrogen and oxygen atoms in total. The van der Waals surface area contributed by atoms with Crippen molar-refractivity contribution in [1.29, 1.82) is 0 Å². The fourth-order valence-electron chi connectivity index (χ4n) is 2.74. The zero-order chi connectivity index (χ0) is 15.5. The van der Waals surface area contributed by atoms with Crippen molar-refractivity contribution in [2.24, 2.45) is 0 Å². The molecule has 1 saturated carbocycles. The topological polar surface area (TPSA) is 75.6 Å². The van der Waals surface area contributed by atoms with Gasteiger partial charge in [0, 0.05) is 5.56 Å². The van der Waals surface area contributed by atoms with Crippen LogP contribution in [0.1, 0.15) is 31.2 Å². The second-order valence-electron chi connectivity index (χ2n) is 5.28. The van der Waals surface area contributed by atoms with Crippen LogP contribution in [0.2, 0.25) is 0 Å². The number of halogens is 1. The molecule has 0 atom stereocenters. The van der Waals surface area contributed by atoms with Crippen molar-refractivity contribution >= 4 is 11.9 Å². The molecule has 0 bridgehead atoms. The molecule has 0 saturated heterocycles. The van der Waals surface area contributed by atoms with E-state index in [0.29, 0.717) is 24.2 Å². The van der Waals surface area contributed by atoms with Crippen molar-refractivity contribution in [1.82, 2.24) is 5.32 Å². The van der Waals surface area contributed by atoms with E-state index in [-0.39, 0.29) is 6.42 Å². The number of carbonyl (C=O) groups excluding carboxylic acids is 1. The van der Waals surface area contributed by atoms with Crippen LogP contribution in [0, 0.1) is 5.82 Å². The average Bonchev–Trinajstić information content (AvgIpc) is 2.88. The molecule has 2 rings (SSSR count). The van der Waals surface area contributed by atoms with Gasteiger partial charge >= 0.3 is 5.97 Å². The molecule has 0 radical (unpaired) electrons. The van der Waals surface area contributed by atoms with Crippen LogP contribution in [0.25, 0.3) is 0 Å². The maximum absolute atomic E-state index is 13.3. The van der Waals surface area contributed by atoms with E-state index in [2.05, 4.69) is 5.32 Å². The molecule has 1 aliphatic rings. The van der Waals surface area contributed by atoms with Gasteiger partial charge in [0.05, 0.1) is 13.5 Å². The number of benzene rings is 1. The number of carboxylic acid groups (broad SMARTS) is 1. The number of aliphatic carboxylic acids is 1. The van der Waals surface area contributed by atoms with E-state index in [1.54, 1.807) is 0 Å². The first-order chi connectivity index (χ1) is 9.97. The molecule has 2 N–H and O–H groups in total. The molecular weight excluding hydrogens is 277 g/mol. The predicted octanol–water partition coefficient (Wildman–Crippen LogP) is 1.89. The quantitative estimate of drug-likeness (QED) is 0.870. The minimum absolute atomic E-state index is 0.115. The summed E-state index contributed by atoms with van der Waals surface area (Å²) in [5, 5.41) is 11.9. The Balaban J connectivity index is 2.11. The van der Waals surface area contributed by atoms with Gasteiger partial charge in [0.1, 0.15) is 17.1 Å². The minimum Gasteiger partial charge on any atom is -0.496 e. The van der Waals surface area contributed by atoms with Crippen LogP contribution in [0.5, 0.6) is 5.75 Å². The van der Waals surface area contributed by atoms with Crippen molar-refractivity contribution in [3.63, 3.8) is 0 Å². The van der Waals surface area contributed by atoms with Gasteiger partial charge in [-0.3, -0.25) is 4.79 Å². The number of hydrogen-bond donors (Lipinski definition) is 2. The van der Waals surface area contributed by atoms with Gasteiger partial charge in [-0.25, -0.2) is 9.18 Å². The Bertz CT molecular complexity index is 553. The van der Waals surface area contributed by atoms with Crippen LogP contribution in [-0.4, -0.2) is 29.6 Å². The van der Waals surface area contributed by atoms with Gasteiger partial charge in [0.25, 0.3) is 0 Å².